The monoisotopic (exact) mass is 534 g/mol. The molecule has 1 heterocycles. The molecule has 4 atom stereocenters. The van der Waals surface area contributed by atoms with Crippen LogP contribution in [0.2, 0.25) is 0 Å². The number of carbonyl (C=O) groups excluding carboxylic acids is 3. The first-order valence-electron chi connectivity index (χ1n) is 13.9. The Morgan fingerprint density at radius 2 is 1.79 bits per heavy atom. The van der Waals surface area contributed by atoms with Crippen LogP contribution in [-0.4, -0.2) is 54.9 Å². The number of aryl methyl sites for hydroxylation is 1. The number of amides is 3. The molecule has 8 heteroatoms. The first-order chi connectivity index (χ1) is 18.5. The van der Waals surface area contributed by atoms with Crippen LogP contribution in [-0.2, 0) is 33.8 Å². The minimum atomic E-state index is -0.807. The molecule has 4 rings (SSSR count). The van der Waals surface area contributed by atoms with Gasteiger partial charge in [-0.15, -0.1) is 0 Å². The molecule has 0 fully saturated rings. The van der Waals surface area contributed by atoms with Gasteiger partial charge < -0.3 is 25.6 Å². The van der Waals surface area contributed by atoms with E-state index in [1.807, 2.05) is 51.1 Å². The van der Waals surface area contributed by atoms with Gasteiger partial charge in [-0.3, -0.25) is 14.4 Å². The van der Waals surface area contributed by atoms with E-state index in [1.165, 1.54) is 5.56 Å². The minimum absolute atomic E-state index is 0.0914. The number of benzene rings is 2. The third kappa shape index (κ3) is 6.27. The van der Waals surface area contributed by atoms with Crippen molar-refractivity contribution in [1.82, 2.24) is 20.9 Å². The summed E-state index contributed by atoms with van der Waals surface area (Å²) in [7, 11) is 3.32. The topological polar surface area (TPSA) is 99.8 Å². The summed E-state index contributed by atoms with van der Waals surface area (Å²) in [5, 5.41) is 9.16. The summed E-state index contributed by atoms with van der Waals surface area (Å²) in [6.07, 6.45) is 3.26. The predicted molar refractivity (Wildman–Crippen MR) is 151 cm³/mol. The van der Waals surface area contributed by atoms with E-state index in [9.17, 15) is 14.4 Å². The lowest BCUT2D eigenvalue weighted by molar-refractivity contribution is -0.147. The average molecular weight is 535 g/mol. The van der Waals surface area contributed by atoms with Crippen LogP contribution in [0.4, 0.5) is 0 Å². The van der Waals surface area contributed by atoms with E-state index in [0.29, 0.717) is 12.2 Å². The van der Waals surface area contributed by atoms with Gasteiger partial charge in [0.15, 0.2) is 0 Å². The number of ether oxygens (including phenoxy) is 1. The van der Waals surface area contributed by atoms with Crippen molar-refractivity contribution in [3.63, 3.8) is 0 Å². The Kier molecular flexibility index (Phi) is 8.64. The number of methoxy groups -OCH3 is 1. The van der Waals surface area contributed by atoms with Gasteiger partial charge in [-0.25, -0.2) is 0 Å². The molecule has 8 nitrogen and oxygen atoms in total. The van der Waals surface area contributed by atoms with Crippen LogP contribution in [0.1, 0.15) is 68.8 Å². The zero-order chi connectivity index (χ0) is 28.3. The maximum atomic E-state index is 14.2. The summed E-state index contributed by atoms with van der Waals surface area (Å²) in [6, 6.07) is 12.0. The smallest absolute Gasteiger partial charge is 0.246 e. The molecule has 0 saturated heterocycles. The molecule has 0 saturated carbocycles. The van der Waals surface area contributed by atoms with Crippen molar-refractivity contribution < 1.29 is 19.1 Å². The van der Waals surface area contributed by atoms with Crippen molar-refractivity contribution in [3.05, 3.63) is 64.7 Å². The quantitative estimate of drug-likeness (QED) is 0.506. The lowest BCUT2D eigenvalue weighted by Crippen LogP contribution is -2.62. The molecular formula is C31H42N4O4. The number of nitrogens with one attached hydrogen (secondary N) is 3. The van der Waals surface area contributed by atoms with Gasteiger partial charge in [-0.2, -0.15) is 0 Å². The SMILES string of the molecule is CN[C@@H](C)C(=O)N[C@H](C(=O)N1Cc2cc(OC)ccc2CC1C(=O)NC1CCCc2ccccc21)C(C)(C)C. The van der Waals surface area contributed by atoms with E-state index in [0.717, 1.165) is 36.0 Å². The molecule has 2 aromatic rings. The maximum Gasteiger partial charge on any atom is 0.246 e. The molecule has 0 radical (unpaired) electrons. The van der Waals surface area contributed by atoms with E-state index in [2.05, 4.69) is 28.1 Å². The Morgan fingerprint density at radius 3 is 2.49 bits per heavy atom. The van der Waals surface area contributed by atoms with Gasteiger partial charge in [0.25, 0.3) is 0 Å². The molecule has 2 unspecified atom stereocenters. The lowest BCUT2D eigenvalue weighted by Gasteiger charge is -2.41. The van der Waals surface area contributed by atoms with Crippen LogP contribution >= 0.6 is 0 Å². The third-order valence-corrected chi connectivity index (χ3v) is 8.04. The zero-order valence-electron chi connectivity index (χ0n) is 24.0. The highest BCUT2D eigenvalue weighted by molar-refractivity contribution is 5.94. The Morgan fingerprint density at radius 1 is 1.05 bits per heavy atom. The van der Waals surface area contributed by atoms with Gasteiger partial charge in [0.2, 0.25) is 17.7 Å². The summed E-state index contributed by atoms with van der Waals surface area (Å²) in [6.45, 7) is 7.79. The summed E-state index contributed by atoms with van der Waals surface area (Å²) in [5.74, 6) is 0.00182. The highest BCUT2D eigenvalue weighted by Gasteiger charge is 2.43. The van der Waals surface area contributed by atoms with Crippen molar-refractivity contribution in [1.29, 1.82) is 0 Å². The van der Waals surface area contributed by atoms with Crippen molar-refractivity contribution in [2.75, 3.05) is 14.2 Å². The van der Waals surface area contributed by atoms with Gasteiger partial charge in [0, 0.05) is 13.0 Å². The molecule has 3 amide bonds. The first-order valence-corrected chi connectivity index (χ1v) is 13.9. The maximum absolute atomic E-state index is 14.2. The third-order valence-electron chi connectivity index (χ3n) is 8.04. The van der Waals surface area contributed by atoms with Gasteiger partial charge in [0.05, 0.1) is 19.2 Å². The van der Waals surface area contributed by atoms with Gasteiger partial charge in [-0.1, -0.05) is 51.1 Å². The number of likely N-dealkylation sites (N-methyl/N-ethyl adjacent to an activating group) is 1. The Hall–Kier alpha value is -3.39. The van der Waals surface area contributed by atoms with Crippen LogP contribution in [0.15, 0.2) is 42.5 Å². The molecule has 3 N–H and O–H groups in total. The fourth-order valence-corrected chi connectivity index (χ4v) is 5.54. The van der Waals surface area contributed by atoms with Crippen molar-refractivity contribution in [3.8, 4) is 5.75 Å². The van der Waals surface area contributed by atoms with Crippen LogP contribution in [0.3, 0.4) is 0 Å². The second-order valence-corrected chi connectivity index (χ2v) is 11.8. The standard InChI is InChI=1S/C31H42N4O4/c1-19(32-5)28(36)34-27(31(2,3)4)30(38)35-18-22-16-23(39-6)15-14-21(22)17-26(35)29(37)33-25-13-9-11-20-10-7-8-12-24(20)25/h7-8,10,12,14-16,19,25-27,32H,9,11,13,17-18H2,1-6H3,(H,33,37)(H,34,36)/t19-,25?,26?,27+/m0/s1. The van der Waals surface area contributed by atoms with Crippen LogP contribution < -0.4 is 20.7 Å². The van der Waals surface area contributed by atoms with Crippen molar-refractivity contribution in [2.45, 2.75) is 84.1 Å². The minimum Gasteiger partial charge on any atom is -0.497 e. The molecule has 2 aliphatic rings. The number of hydrogen-bond donors (Lipinski definition) is 3. The second-order valence-electron chi connectivity index (χ2n) is 11.8. The van der Waals surface area contributed by atoms with E-state index in [4.69, 9.17) is 4.74 Å². The average Bonchev–Trinajstić information content (AvgIpc) is 2.93. The highest BCUT2D eigenvalue weighted by atomic mass is 16.5. The molecule has 0 spiro atoms. The van der Waals surface area contributed by atoms with Gasteiger partial charge >= 0.3 is 0 Å². The summed E-state index contributed by atoms with van der Waals surface area (Å²) < 4.78 is 5.43. The molecular weight excluding hydrogens is 492 g/mol. The lowest BCUT2D eigenvalue weighted by atomic mass is 9.83. The molecule has 1 aliphatic carbocycles. The number of carbonyl (C=O) groups is 3. The van der Waals surface area contributed by atoms with E-state index < -0.39 is 23.5 Å². The van der Waals surface area contributed by atoms with Gasteiger partial charge in [-0.05, 0) is 73.0 Å². The van der Waals surface area contributed by atoms with Crippen molar-refractivity contribution >= 4 is 17.7 Å². The molecule has 0 bridgehead atoms. The number of hydrogen-bond acceptors (Lipinski definition) is 5. The zero-order valence-corrected chi connectivity index (χ0v) is 24.0. The van der Waals surface area contributed by atoms with Crippen LogP contribution in [0.25, 0.3) is 0 Å². The molecule has 2 aromatic carbocycles. The molecule has 0 aromatic heterocycles. The van der Waals surface area contributed by atoms with Crippen LogP contribution in [0, 0.1) is 5.41 Å². The van der Waals surface area contributed by atoms with Gasteiger partial charge in [0.1, 0.15) is 17.8 Å². The number of fused-ring (bicyclic) bond motifs is 2. The fraction of sp³-hybridized carbons (Fsp3) is 0.516. The first kappa shape index (κ1) is 28.6. The predicted octanol–water partition coefficient (Wildman–Crippen LogP) is 3.28. The second kappa shape index (κ2) is 11.8. The Balaban J connectivity index is 1.66. The van der Waals surface area contributed by atoms with E-state index >= 15 is 0 Å². The Labute approximate surface area is 231 Å². The van der Waals surface area contributed by atoms with Crippen molar-refractivity contribution in [2.24, 2.45) is 5.41 Å². The largest absolute Gasteiger partial charge is 0.497 e. The number of rotatable bonds is 7. The normalized spacial score (nSPS) is 20.2. The summed E-state index contributed by atoms with van der Waals surface area (Å²) >= 11 is 0. The summed E-state index contributed by atoms with van der Waals surface area (Å²) in [4.78, 5) is 42.7. The van der Waals surface area contributed by atoms with E-state index in [1.54, 1.807) is 26.0 Å². The highest BCUT2D eigenvalue weighted by Crippen LogP contribution is 2.33. The fourth-order valence-electron chi connectivity index (χ4n) is 5.54. The number of nitrogens with zero attached hydrogens (tertiary/aromatic N) is 1. The Bertz CT molecular complexity index is 1220. The van der Waals surface area contributed by atoms with Crippen LogP contribution in [0.5, 0.6) is 5.75 Å². The molecule has 210 valence electrons. The summed E-state index contributed by atoms with van der Waals surface area (Å²) in [5.41, 5.74) is 3.80. The molecule has 1 aliphatic heterocycles. The molecule has 39 heavy (non-hydrogen) atoms. The van der Waals surface area contributed by atoms with E-state index in [-0.39, 0.29) is 30.3 Å².